The summed E-state index contributed by atoms with van der Waals surface area (Å²) in [6, 6.07) is 15.7. The predicted octanol–water partition coefficient (Wildman–Crippen LogP) is 2.27. The molecule has 2 aromatic rings. The molecule has 0 radical (unpaired) electrons. The summed E-state index contributed by atoms with van der Waals surface area (Å²) in [6.45, 7) is 5.19. The summed E-state index contributed by atoms with van der Waals surface area (Å²) in [6.07, 6.45) is 0.962. The number of hydrazone groups is 1. The van der Waals surface area contributed by atoms with Crippen molar-refractivity contribution in [2.45, 2.75) is 12.8 Å². The molecule has 0 bridgehead atoms. The number of carbonyl (C=O) groups is 2. The lowest BCUT2D eigenvalue weighted by Crippen LogP contribution is -2.48. The molecule has 0 aliphatic carbocycles. The van der Waals surface area contributed by atoms with Crippen LogP contribution in [0.1, 0.15) is 18.4 Å². The van der Waals surface area contributed by atoms with Gasteiger partial charge >= 0.3 is 0 Å². The first-order chi connectivity index (χ1) is 16.1. The zero-order valence-electron chi connectivity index (χ0n) is 18.4. The lowest BCUT2D eigenvalue weighted by molar-refractivity contribution is -0.123. The van der Waals surface area contributed by atoms with Crippen LogP contribution in [0.25, 0.3) is 0 Å². The number of hydrogen-bond donors (Lipinski definition) is 2. The van der Waals surface area contributed by atoms with Gasteiger partial charge in [0, 0.05) is 57.8 Å². The monoisotopic (exact) mass is 469 g/mol. The first-order valence-corrected chi connectivity index (χ1v) is 11.5. The second kappa shape index (κ2) is 11.2. The summed E-state index contributed by atoms with van der Waals surface area (Å²) >= 11 is 6.31. The van der Waals surface area contributed by atoms with Crippen LogP contribution < -0.4 is 20.4 Å². The summed E-state index contributed by atoms with van der Waals surface area (Å²) < 4.78 is 5.59. The predicted molar refractivity (Wildman–Crippen MR) is 129 cm³/mol. The Labute approximate surface area is 198 Å². The normalized spacial score (nSPS) is 16.7. The lowest BCUT2D eigenvalue weighted by Gasteiger charge is -2.36. The molecule has 0 atom stereocenters. The number of nitrogens with one attached hydrogen (secondary N) is 2. The minimum atomic E-state index is -0.183. The summed E-state index contributed by atoms with van der Waals surface area (Å²) in [4.78, 5) is 28.2. The van der Waals surface area contributed by atoms with Gasteiger partial charge in [-0.1, -0.05) is 29.8 Å². The van der Waals surface area contributed by atoms with E-state index in [4.69, 9.17) is 16.3 Å². The fourth-order valence-corrected chi connectivity index (χ4v) is 4.13. The zero-order chi connectivity index (χ0) is 23.0. The van der Waals surface area contributed by atoms with Gasteiger partial charge in [0.25, 0.3) is 5.91 Å². The molecule has 9 heteroatoms. The molecule has 0 unspecified atom stereocenters. The quantitative estimate of drug-likeness (QED) is 0.619. The van der Waals surface area contributed by atoms with Gasteiger partial charge in [-0.25, -0.2) is 5.43 Å². The number of ether oxygens (including phenoxy) is 1. The number of para-hydroxylation sites is 1. The van der Waals surface area contributed by atoms with Crippen molar-refractivity contribution in [2.24, 2.45) is 5.10 Å². The fraction of sp³-hybridized carbons (Fsp3) is 0.375. The third-order valence-electron chi connectivity index (χ3n) is 5.77. The van der Waals surface area contributed by atoms with Crippen LogP contribution in [-0.2, 0) is 9.59 Å². The maximum Gasteiger partial charge on any atom is 0.257 e. The molecule has 33 heavy (non-hydrogen) atoms. The third-order valence-corrected chi connectivity index (χ3v) is 6.07. The maximum absolute atomic E-state index is 12.2. The van der Waals surface area contributed by atoms with Crippen LogP contribution in [-0.4, -0.2) is 68.3 Å². The molecule has 2 aliphatic rings. The molecule has 0 spiro atoms. The van der Waals surface area contributed by atoms with Gasteiger partial charge in [0.1, 0.15) is 5.75 Å². The Kier molecular flexibility index (Phi) is 7.80. The molecular formula is C24H28ClN5O3. The number of halogens is 1. The van der Waals surface area contributed by atoms with E-state index in [1.54, 1.807) is 12.1 Å². The minimum Gasteiger partial charge on any atom is -0.482 e. The summed E-state index contributed by atoms with van der Waals surface area (Å²) in [5, 5.41) is 7.37. The molecule has 2 heterocycles. The van der Waals surface area contributed by atoms with E-state index < -0.39 is 0 Å². The second-order valence-corrected chi connectivity index (χ2v) is 8.45. The van der Waals surface area contributed by atoms with Gasteiger partial charge in [-0.15, -0.1) is 0 Å². The van der Waals surface area contributed by atoms with Crippen molar-refractivity contribution in [1.29, 1.82) is 0 Å². The molecular weight excluding hydrogens is 442 g/mol. The number of amides is 2. The molecule has 0 aromatic heterocycles. The summed E-state index contributed by atoms with van der Waals surface area (Å²) in [5.41, 5.74) is 5.32. The topological polar surface area (TPSA) is 86.3 Å². The van der Waals surface area contributed by atoms with Crippen molar-refractivity contribution < 1.29 is 14.3 Å². The Bertz CT molecular complexity index is 1010. The van der Waals surface area contributed by atoms with Crippen LogP contribution >= 0.6 is 11.6 Å². The van der Waals surface area contributed by atoms with E-state index in [0.29, 0.717) is 30.2 Å². The Balaban J connectivity index is 1.15. The highest BCUT2D eigenvalue weighted by molar-refractivity contribution is 6.32. The highest BCUT2D eigenvalue weighted by atomic mass is 35.5. The molecule has 1 saturated heterocycles. The number of rotatable bonds is 8. The highest BCUT2D eigenvalue weighted by Crippen LogP contribution is 2.26. The minimum absolute atomic E-state index is 0.0924. The second-order valence-electron chi connectivity index (χ2n) is 8.04. The lowest BCUT2D eigenvalue weighted by atomic mass is 10.0. The first-order valence-electron chi connectivity index (χ1n) is 11.2. The van der Waals surface area contributed by atoms with Gasteiger partial charge in [0.05, 0.1) is 10.7 Å². The number of benzene rings is 2. The van der Waals surface area contributed by atoms with Crippen LogP contribution in [0.3, 0.4) is 0 Å². The van der Waals surface area contributed by atoms with Gasteiger partial charge in [0.2, 0.25) is 5.91 Å². The van der Waals surface area contributed by atoms with Crippen molar-refractivity contribution in [2.75, 3.05) is 50.8 Å². The van der Waals surface area contributed by atoms with E-state index in [9.17, 15) is 9.59 Å². The average molecular weight is 470 g/mol. The van der Waals surface area contributed by atoms with Crippen molar-refractivity contribution in [1.82, 2.24) is 15.6 Å². The van der Waals surface area contributed by atoms with Gasteiger partial charge in [-0.05, 0) is 35.9 Å². The van der Waals surface area contributed by atoms with E-state index in [0.717, 1.165) is 44.0 Å². The molecule has 1 fully saturated rings. The van der Waals surface area contributed by atoms with Crippen molar-refractivity contribution in [3.05, 3.63) is 59.1 Å². The van der Waals surface area contributed by atoms with Crippen molar-refractivity contribution >= 4 is 34.8 Å². The Morgan fingerprint density at radius 1 is 1.09 bits per heavy atom. The van der Waals surface area contributed by atoms with E-state index in [1.807, 2.05) is 12.1 Å². The number of nitrogens with zero attached hydrogens (tertiary/aromatic N) is 3. The average Bonchev–Trinajstić information content (AvgIpc) is 2.85. The third kappa shape index (κ3) is 6.46. The van der Waals surface area contributed by atoms with Gasteiger partial charge in [-0.2, -0.15) is 5.10 Å². The van der Waals surface area contributed by atoms with E-state index in [2.05, 4.69) is 49.9 Å². The van der Waals surface area contributed by atoms with Crippen LogP contribution in [0.5, 0.6) is 5.75 Å². The smallest absolute Gasteiger partial charge is 0.257 e. The maximum atomic E-state index is 12.2. The van der Waals surface area contributed by atoms with Crippen LogP contribution in [0.15, 0.2) is 53.6 Å². The van der Waals surface area contributed by atoms with Crippen LogP contribution in [0.4, 0.5) is 5.69 Å². The number of hydrogen-bond acceptors (Lipinski definition) is 6. The summed E-state index contributed by atoms with van der Waals surface area (Å²) in [7, 11) is 0. The zero-order valence-corrected chi connectivity index (χ0v) is 19.2. The summed E-state index contributed by atoms with van der Waals surface area (Å²) in [5.74, 6) is 0.163. The van der Waals surface area contributed by atoms with Crippen LogP contribution in [0.2, 0.25) is 5.02 Å². The first kappa shape index (κ1) is 23.1. The Morgan fingerprint density at radius 3 is 2.58 bits per heavy atom. The Hall–Kier alpha value is -3.10. The highest BCUT2D eigenvalue weighted by Gasteiger charge is 2.17. The van der Waals surface area contributed by atoms with Gasteiger partial charge < -0.3 is 15.0 Å². The molecule has 8 nitrogen and oxygen atoms in total. The number of piperazine rings is 1. The Morgan fingerprint density at radius 2 is 1.88 bits per heavy atom. The van der Waals surface area contributed by atoms with E-state index in [1.165, 1.54) is 5.69 Å². The van der Waals surface area contributed by atoms with Gasteiger partial charge in [-0.3, -0.25) is 14.5 Å². The van der Waals surface area contributed by atoms with Crippen LogP contribution in [0, 0.1) is 0 Å². The van der Waals surface area contributed by atoms with E-state index >= 15 is 0 Å². The van der Waals surface area contributed by atoms with Gasteiger partial charge in [0.15, 0.2) is 6.61 Å². The van der Waals surface area contributed by atoms with Crippen molar-refractivity contribution in [3.8, 4) is 5.75 Å². The van der Waals surface area contributed by atoms with E-state index in [-0.39, 0.29) is 18.4 Å². The number of carbonyl (C=O) groups excluding carboxylic acids is 2. The molecule has 174 valence electrons. The fourth-order valence-electron chi connectivity index (χ4n) is 3.90. The molecule has 0 saturated carbocycles. The molecule has 2 N–H and O–H groups in total. The largest absolute Gasteiger partial charge is 0.482 e. The number of anilines is 1. The molecule has 4 rings (SSSR count). The van der Waals surface area contributed by atoms with Crippen molar-refractivity contribution in [3.63, 3.8) is 0 Å². The molecule has 2 aliphatic heterocycles. The standard InChI is InChI=1S/C24H28ClN5O3/c25-20-16-18(21-7-9-23(31)28-27-21)6-8-22(20)33-17-24(32)26-10-11-29-12-14-30(15-13-29)19-4-2-1-3-5-19/h1-6,8,16H,7,9-15,17H2,(H,26,32)(H,28,31). The SMILES string of the molecule is O=C(COc1ccc(C2=NNC(=O)CC2)cc1Cl)NCCN1CCN(c2ccccc2)CC1. The molecule has 2 aromatic carbocycles. The molecule has 2 amide bonds.